The molecule has 0 fully saturated rings. The van der Waals surface area contributed by atoms with E-state index in [0.717, 1.165) is 17.9 Å². The van der Waals surface area contributed by atoms with Gasteiger partial charge in [0, 0.05) is 12.1 Å². The molecule has 0 radical (unpaired) electrons. The molecule has 2 aromatic carbocycles. The van der Waals surface area contributed by atoms with E-state index in [9.17, 15) is 0 Å². The highest BCUT2D eigenvalue weighted by Crippen LogP contribution is 2.38. The van der Waals surface area contributed by atoms with Crippen molar-refractivity contribution in [2.75, 3.05) is 12.4 Å². The Balaban J connectivity index is 2.12. The molecule has 3 rings (SSSR count). The summed E-state index contributed by atoms with van der Waals surface area (Å²) in [5.41, 5.74) is 4.91. The summed E-state index contributed by atoms with van der Waals surface area (Å²) in [6, 6.07) is 14.5. The maximum Gasteiger partial charge on any atom is 0.142 e. The number of para-hydroxylation sites is 2. The summed E-state index contributed by atoms with van der Waals surface area (Å²) in [5, 5.41) is 3.44. The van der Waals surface area contributed by atoms with Crippen LogP contribution in [0, 0.1) is 0 Å². The van der Waals surface area contributed by atoms with Crippen LogP contribution in [0.25, 0.3) is 0 Å². The van der Waals surface area contributed by atoms with Crippen LogP contribution in [0.2, 0.25) is 0 Å². The van der Waals surface area contributed by atoms with Gasteiger partial charge in [0.2, 0.25) is 0 Å². The Morgan fingerprint density at radius 3 is 2.69 bits per heavy atom. The Morgan fingerprint density at radius 1 is 1.00 bits per heavy atom. The predicted octanol–water partition coefficient (Wildman–Crippen LogP) is 3.34. The van der Waals surface area contributed by atoms with Gasteiger partial charge in [0.05, 0.1) is 12.8 Å². The van der Waals surface area contributed by atoms with Gasteiger partial charge in [-0.1, -0.05) is 30.3 Å². The van der Waals surface area contributed by atoms with E-state index < -0.39 is 0 Å². The second-order valence-corrected chi connectivity index (χ2v) is 3.95. The number of nitrogens with one attached hydrogen (secondary N) is 1. The van der Waals surface area contributed by atoms with Crippen molar-refractivity contribution in [3.8, 4) is 5.75 Å². The number of hydrogen-bond donors (Lipinski definition) is 1. The van der Waals surface area contributed by atoms with Gasteiger partial charge in [-0.25, -0.2) is 0 Å². The molecule has 0 saturated heterocycles. The fourth-order valence-corrected chi connectivity index (χ4v) is 2.17. The highest BCUT2D eigenvalue weighted by atomic mass is 16.5. The molecule has 80 valence electrons. The summed E-state index contributed by atoms with van der Waals surface area (Å²) in [4.78, 5) is 0. The Morgan fingerprint density at radius 2 is 1.81 bits per heavy atom. The van der Waals surface area contributed by atoms with Crippen LogP contribution < -0.4 is 10.1 Å². The molecule has 0 bridgehead atoms. The molecule has 2 nitrogen and oxygen atoms in total. The van der Waals surface area contributed by atoms with Crippen molar-refractivity contribution in [1.29, 1.82) is 0 Å². The topological polar surface area (TPSA) is 21.3 Å². The molecule has 2 heteroatoms. The molecular weight excluding hydrogens is 198 g/mol. The lowest BCUT2D eigenvalue weighted by Gasteiger charge is -2.23. The fourth-order valence-electron chi connectivity index (χ4n) is 2.17. The third kappa shape index (κ3) is 1.34. The van der Waals surface area contributed by atoms with Gasteiger partial charge in [-0.05, 0) is 23.3 Å². The minimum absolute atomic E-state index is 0.909. The average Bonchev–Trinajstić information content (AvgIpc) is 2.35. The van der Waals surface area contributed by atoms with Crippen LogP contribution >= 0.6 is 0 Å². The molecule has 1 N–H and O–H groups in total. The third-order valence-electron chi connectivity index (χ3n) is 2.99. The summed E-state index contributed by atoms with van der Waals surface area (Å²) in [7, 11) is 1.71. The van der Waals surface area contributed by atoms with E-state index in [1.54, 1.807) is 7.11 Å². The lowest BCUT2D eigenvalue weighted by Crippen LogP contribution is -2.07. The van der Waals surface area contributed by atoms with Gasteiger partial charge in [0.25, 0.3) is 0 Å². The number of methoxy groups -OCH3 is 1. The fraction of sp³-hybridized carbons (Fsp3) is 0.143. The van der Waals surface area contributed by atoms with Crippen LogP contribution in [0.15, 0.2) is 42.5 Å². The monoisotopic (exact) mass is 211 g/mol. The zero-order valence-electron chi connectivity index (χ0n) is 9.16. The first kappa shape index (κ1) is 9.28. The highest BCUT2D eigenvalue weighted by Gasteiger charge is 2.16. The van der Waals surface area contributed by atoms with Gasteiger partial charge in [0.15, 0.2) is 0 Å². The van der Waals surface area contributed by atoms with Crippen molar-refractivity contribution in [1.82, 2.24) is 0 Å². The third-order valence-corrected chi connectivity index (χ3v) is 2.99. The molecule has 0 atom stereocenters. The Hall–Kier alpha value is -1.96. The zero-order chi connectivity index (χ0) is 11.0. The number of fused-ring (bicyclic) bond motifs is 2. The molecule has 0 aliphatic carbocycles. The van der Waals surface area contributed by atoms with Gasteiger partial charge < -0.3 is 10.1 Å². The van der Waals surface area contributed by atoms with Gasteiger partial charge in [0.1, 0.15) is 5.75 Å². The minimum atomic E-state index is 0.909. The normalized spacial score (nSPS) is 12.3. The summed E-state index contributed by atoms with van der Waals surface area (Å²) >= 11 is 0. The minimum Gasteiger partial charge on any atom is -0.495 e. The van der Waals surface area contributed by atoms with Crippen LogP contribution in [0.1, 0.15) is 11.1 Å². The summed E-state index contributed by atoms with van der Waals surface area (Å²) in [6.07, 6.45) is 0.968. The van der Waals surface area contributed by atoms with Gasteiger partial charge in [-0.2, -0.15) is 0 Å². The van der Waals surface area contributed by atoms with Crippen molar-refractivity contribution in [3.63, 3.8) is 0 Å². The smallest absolute Gasteiger partial charge is 0.142 e. The first-order valence-corrected chi connectivity index (χ1v) is 5.39. The van der Waals surface area contributed by atoms with Gasteiger partial charge in [-0.3, -0.25) is 0 Å². The maximum absolute atomic E-state index is 5.37. The summed E-state index contributed by atoms with van der Waals surface area (Å²) in [6.45, 7) is 0. The first-order valence-electron chi connectivity index (χ1n) is 5.39. The van der Waals surface area contributed by atoms with E-state index in [1.165, 1.54) is 16.8 Å². The number of benzene rings is 2. The van der Waals surface area contributed by atoms with Gasteiger partial charge in [-0.15, -0.1) is 0 Å². The largest absolute Gasteiger partial charge is 0.495 e. The average molecular weight is 211 g/mol. The molecule has 16 heavy (non-hydrogen) atoms. The van der Waals surface area contributed by atoms with E-state index in [2.05, 4.69) is 29.6 Å². The molecule has 0 aromatic heterocycles. The van der Waals surface area contributed by atoms with Crippen molar-refractivity contribution in [2.45, 2.75) is 6.42 Å². The Labute approximate surface area is 94.9 Å². The standard InChI is InChI=1S/C14H13NO/c1-16-13-8-4-6-11-9-10-5-2-3-7-12(10)15-14(11)13/h2-8,15H,9H2,1H3. The zero-order valence-corrected chi connectivity index (χ0v) is 9.16. The summed E-state index contributed by atoms with van der Waals surface area (Å²) in [5.74, 6) is 0.909. The number of anilines is 2. The van der Waals surface area contributed by atoms with E-state index in [4.69, 9.17) is 4.74 Å². The Kier molecular flexibility index (Phi) is 2.07. The van der Waals surface area contributed by atoms with Crippen LogP contribution in [0.3, 0.4) is 0 Å². The van der Waals surface area contributed by atoms with Gasteiger partial charge >= 0.3 is 0 Å². The van der Waals surface area contributed by atoms with Crippen molar-refractivity contribution >= 4 is 11.4 Å². The second-order valence-electron chi connectivity index (χ2n) is 3.95. The van der Waals surface area contributed by atoms with E-state index >= 15 is 0 Å². The molecular formula is C14H13NO. The number of ether oxygens (including phenoxy) is 1. The van der Waals surface area contributed by atoms with Crippen molar-refractivity contribution < 1.29 is 4.74 Å². The predicted molar refractivity (Wildman–Crippen MR) is 65.5 cm³/mol. The van der Waals surface area contributed by atoms with Crippen molar-refractivity contribution in [2.24, 2.45) is 0 Å². The van der Waals surface area contributed by atoms with E-state index in [0.29, 0.717) is 0 Å². The molecule has 0 spiro atoms. The maximum atomic E-state index is 5.37. The highest BCUT2D eigenvalue weighted by molar-refractivity contribution is 5.76. The molecule has 0 amide bonds. The number of rotatable bonds is 1. The quantitative estimate of drug-likeness (QED) is 0.666. The molecule has 0 saturated carbocycles. The molecule has 2 aromatic rings. The van der Waals surface area contributed by atoms with Crippen LogP contribution in [0.4, 0.5) is 11.4 Å². The Bertz CT molecular complexity index is 534. The van der Waals surface area contributed by atoms with E-state index in [1.807, 2.05) is 18.2 Å². The molecule has 1 heterocycles. The molecule has 1 aliphatic rings. The van der Waals surface area contributed by atoms with Crippen LogP contribution in [-0.4, -0.2) is 7.11 Å². The lowest BCUT2D eigenvalue weighted by atomic mass is 9.97. The molecule has 1 aliphatic heterocycles. The first-order chi connectivity index (χ1) is 7.88. The van der Waals surface area contributed by atoms with Crippen LogP contribution in [0.5, 0.6) is 5.75 Å². The molecule has 0 unspecified atom stereocenters. The van der Waals surface area contributed by atoms with Crippen molar-refractivity contribution in [3.05, 3.63) is 53.6 Å². The number of hydrogen-bond acceptors (Lipinski definition) is 2. The van der Waals surface area contributed by atoms with Crippen LogP contribution in [-0.2, 0) is 6.42 Å². The lowest BCUT2D eigenvalue weighted by molar-refractivity contribution is 0.416. The summed E-state index contributed by atoms with van der Waals surface area (Å²) < 4.78 is 5.37. The van der Waals surface area contributed by atoms with E-state index in [-0.39, 0.29) is 0 Å². The SMILES string of the molecule is COc1cccc2c1Nc1ccccc1C2. The second kappa shape index (κ2) is 3.56.